The van der Waals surface area contributed by atoms with Gasteiger partial charge in [0.15, 0.2) is 11.6 Å². The predicted octanol–water partition coefficient (Wildman–Crippen LogP) is 5.32. The molecule has 0 amide bonds. The Morgan fingerprint density at radius 3 is 1.00 bits per heavy atom. The van der Waals surface area contributed by atoms with Gasteiger partial charge < -0.3 is 0 Å². The van der Waals surface area contributed by atoms with Crippen LogP contribution in [0, 0.1) is 11.6 Å². The zero-order valence-corrected chi connectivity index (χ0v) is 10.8. The van der Waals surface area contributed by atoms with Crippen molar-refractivity contribution in [2.45, 2.75) is 0 Å². The number of halogens is 2. The van der Waals surface area contributed by atoms with Crippen molar-refractivity contribution in [3.63, 3.8) is 0 Å². The minimum absolute atomic E-state index is 0.799. The van der Waals surface area contributed by atoms with Crippen molar-refractivity contribution in [2.75, 3.05) is 0 Å². The minimum Gasteiger partial charge on any atom is -0.204 e. The summed E-state index contributed by atoms with van der Waals surface area (Å²) in [6.07, 6.45) is 0. The van der Waals surface area contributed by atoms with E-state index in [1.54, 1.807) is 0 Å². The van der Waals surface area contributed by atoms with E-state index >= 15 is 0 Å². The Balaban J connectivity index is 0.000000160. The second kappa shape index (κ2) is 7.19. The molecule has 0 radical (unpaired) electrons. The normalized spacial score (nSPS) is 9.50. The van der Waals surface area contributed by atoms with Gasteiger partial charge in [-0.1, -0.05) is 72.8 Å². The molecule has 0 spiro atoms. The summed E-state index contributed by atoms with van der Waals surface area (Å²) in [6, 6.07) is 25.8. The third-order valence-corrected chi connectivity index (χ3v) is 2.71. The molecule has 3 rings (SSSR count). The Morgan fingerprint density at radius 2 is 0.700 bits per heavy atom. The van der Waals surface area contributed by atoms with Gasteiger partial charge in [0.2, 0.25) is 0 Å². The molecule has 2 heteroatoms. The van der Waals surface area contributed by atoms with E-state index in [9.17, 15) is 8.78 Å². The van der Waals surface area contributed by atoms with Crippen molar-refractivity contribution in [1.82, 2.24) is 0 Å². The Labute approximate surface area is 117 Å². The van der Waals surface area contributed by atoms with Crippen LogP contribution >= 0.6 is 0 Å². The first-order valence-electron chi connectivity index (χ1n) is 6.28. The maximum Gasteiger partial charge on any atom is 0.158 e. The first-order chi connectivity index (χ1) is 9.77. The van der Waals surface area contributed by atoms with Crippen molar-refractivity contribution < 1.29 is 8.78 Å². The van der Waals surface area contributed by atoms with Gasteiger partial charge in [0, 0.05) is 0 Å². The van der Waals surface area contributed by atoms with Gasteiger partial charge in [-0.2, -0.15) is 0 Å². The summed E-state index contributed by atoms with van der Waals surface area (Å²) in [5.74, 6) is -1.60. The topological polar surface area (TPSA) is 0 Å². The molecular weight excluding hydrogens is 254 g/mol. The SMILES string of the molecule is Fc1ccccc1F.c1ccc(-c2ccccc2)cc1. The molecule has 0 N–H and O–H groups in total. The highest BCUT2D eigenvalue weighted by atomic mass is 19.2. The molecule has 0 atom stereocenters. The van der Waals surface area contributed by atoms with Crippen LogP contribution in [0.4, 0.5) is 8.78 Å². The lowest BCUT2D eigenvalue weighted by molar-refractivity contribution is 0.508. The standard InChI is InChI=1S/C12H10.C6H4F2/c1-3-7-11(8-4-1)12-9-5-2-6-10-12;7-5-3-1-2-4-6(5)8/h1-10H;1-4H. The van der Waals surface area contributed by atoms with Crippen molar-refractivity contribution in [3.05, 3.63) is 96.6 Å². The van der Waals surface area contributed by atoms with E-state index in [4.69, 9.17) is 0 Å². The molecule has 0 heterocycles. The van der Waals surface area contributed by atoms with E-state index in [0.717, 1.165) is 12.1 Å². The summed E-state index contributed by atoms with van der Waals surface area (Å²) < 4.78 is 23.9. The van der Waals surface area contributed by atoms with Crippen LogP contribution in [0.3, 0.4) is 0 Å². The molecule has 0 saturated heterocycles. The molecule has 3 aromatic carbocycles. The Kier molecular flexibility index (Phi) is 5.01. The number of benzene rings is 3. The Bertz CT molecular complexity index is 575. The summed E-state index contributed by atoms with van der Waals surface area (Å²) >= 11 is 0. The van der Waals surface area contributed by atoms with Crippen LogP contribution in [-0.4, -0.2) is 0 Å². The fraction of sp³-hybridized carbons (Fsp3) is 0. The average Bonchev–Trinajstić information content (AvgIpc) is 2.53. The smallest absolute Gasteiger partial charge is 0.158 e. The van der Waals surface area contributed by atoms with E-state index in [-0.39, 0.29) is 0 Å². The Hall–Kier alpha value is -2.48. The van der Waals surface area contributed by atoms with Crippen LogP contribution in [0.15, 0.2) is 84.9 Å². The fourth-order valence-corrected chi connectivity index (χ4v) is 1.70. The molecule has 0 fully saturated rings. The van der Waals surface area contributed by atoms with Gasteiger partial charge in [0.05, 0.1) is 0 Å². The minimum atomic E-state index is -0.799. The van der Waals surface area contributed by atoms with E-state index in [0.29, 0.717) is 0 Å². The molecule has 0 aliphatic heterocycles. The van der Waals surface area contributed by atoms with Crippen LogP contribution in [0.1, 0.15) is 0 Å². The van der Waals surface area contributed by atoms with Crippen LogP contribution < -0.4 is 0 Å². The van der Waals surface area contributed by atoms with Gasteiger partial charge in [0.25, 0.3) is 0 Å². The molecule has 0 aliphatic carbocycles. The van der Waals surface area contributed by atoms with Crippen LogP contribution in [0.2, 0.25) is 0 Å². The van der Waals surface area contributed by atoms with Gasteiger partial charge in [-0.25, -0.2) is 8.78 Å². The van der Waals surface area contributed by atoms with Gasteiger partial charge in [-0.15, -0.1) is 0 Å². The second-order valence-electron chi connectivity index (χ2n) is 4.15. The van der Waals surface area contributed by atoms with Gasteiger partial charge in [-0.3, -0.25) is 0 Å². The zero-order valence-electron chi connectivity index (χ0n) is 10.8. The number of hydrogen-bond donors (Lipinski definition) is 0. The Morgan fingerprint density at radius 1 is 0.400 bits per heavy atom. The molecule has 0 nitrogen and oxygen atoms in total. The van der Waals surface area contributed by atoms with Gasteiger partial charge >= 0.3 is 0 Å². The van der Waals surface area contributed by atoms with Gasteiger partial charge in [-0.05, 0) is 23.3 Å². The molecule has 0 aromatic heterocycles. The summed E-state index contributed by atoms with van der Waals surface area (Å²) in [7, 11) is 0. The molecule has 0 aliphatic rings. The fourth-order valence-electron chi connectivity index (χ4n) is 1.70. The van der Waals surface area contributed by atoms with E-state index in [1.807, 2.05) is 12.1 Å². The van der Waals surface area contributed by atoms with Crippen LogP contribution in [0.25, 0.3) is 11.1 Å². The molecule has 3 aromatic rings. The summed E-state index contributed by atoms with van der Waals surface area (Å²) in [5, 5.41) is 0. The lowest BCUT2D eigenvalue weighted by Gasteiger charge is -1.98. The van der Waals surface area contributed by atoms with Crippen LogP contribution in [-0.2, 0) is 0 Å². The summed E-state index contributed by atoms with van der Waals surface area (Å²) in [4.78, 5) is 0. The van der Waals surface area contributed by atoms with Crippen molar-refractivity contribution in [1.29, 1.82) is 0 Å². The molecule has 0 unspecified atom stereocenters. The second-order valence-corrected chi connectivity index (χ2v) is 4.15. The van der Waals surface area contributed by atoms with Crippen LogP contribution in [0.5, 0.6) is 0 Å². The molecule has 100 valence electrons. The first-order valence-corrected chi connectivity index (χ1v) is 6.28. The van der Waals surface area contributed by atoms with Crippen molar-refractivity contribution in [3.8, 4) is 11.1 Å². The molecule has 20 heavy (non-hydrogen) atoms. The highest BCUT2D eigenvalue weighted by Gasteiger charge is 1.93. The van der Waals surface area contributed by atoms with E-state index in [1.165, 1.54) is 23.3 Å². The monoisotopic (exact) mass is 268 g/mol. The van der Waals surface area contributed by atoms with Crippen molar-refractivity contribution in [2.24, 2.45) is 0 Å². The number of rotatable bonds is 1. The molecule has 0 saturated carbocycles. The first kappa shape index (κ1) is 13.9. The van der Waals surface area contributed by atoms with Gasteiger partial charge in [0.1, 0.15) is 0 Å². The van der Waals surface area contributed by atoms with E-state index < -0.39 is 11.6 Å². The summed E-state index contributed by atoms with van der Waals surface area (Å²) in [5.41, 5.74) is 2.55. The number of hydrogen-bond acceptors (Lipinski definition) is 0. The van der Waals surface area contributed by atoms with Crippen molar-refractivity contribution >= 4 is 0 Å². The maximum absolute atomic E-state index is 11.9. The highest BCUT2D eigenvalue weighted by molar-refractivity contribution is 5.62. The summed E-state index contributed by atoms with van der Waals surface area (Å²) in [6.45, 7) is 0. The highest BCUT2D eigenvalue weighted by Crippen LogP contribution is 2.17. The third kappa shape index (κ3) is 4.02. The molecule has 0 bridgehead atoms. The quantitative estimate of drug-likeness (QED) is 0.560. The lowest BCUT2D eigenvalue weighted by Crippen LogP contribution is -1.77. The maximum atomic E-state index is 11.9. The largest absolute Gasteiger partial charge is 0.204 e. The lowest BCUT2D eigenvalue weighted by atomic mass is 10.1. The third-order valence-electron chi connectivity index (χ3n) is 2.71. The zero-order chi connectivity index (χ0) is 14.2. The average molecular weight is 268 g/mol. The van der Waals surface area contributed by atoms with E-state index in [2.05, 4.69) is 48.5 Å². The predicted molar refractivity (Wildman–Crippen MR) is 78.2 cm³/mol. The molecular formula is C18H14F2.